The molecule has 0 bridgehead atoms. The molecule has 0 atom stereocenters. The van der Waals surface area contributed by atoms with E-state index in [-0.39, 0.29) is 0 Å². The van der Waals surface area contributed by atoms with E-state index in [0.717, 1.165) is 42.4 Å². The van der Waals surface area contributed by atoms with Crippen LogP contribution in [0.4, 0.5) is 0 Å². The summed E-state index contributed by atoms with van der Waals surface area (Å²) in [5.74, 6) is 2.50. The van der Waals surface area contributed by atoms with Crippen LogP contribution >= 0.6 is 0 Å². The molecule has 0 fully saturated rings. The van der Waals surface area contributed by atoms with E-state index in [9.17, 15) is 0 Å². The highest BCUT2D eigenvalue weighted by molar-refractivity contribution is 5.43. The number of hydrogen-bond acceptors (Lipinski definition) is 6. The minimum atomic E-state index is 0.603. The summed E-state index contributed by atoms with van der Waals surface area (Å²) in [5, 5.41) is 11.8. The highest BCUT2D eigenvalue weighted by Gasteiger charge is 2.08. The monoisotopic (exact) mass is 423 g/mol. The molecule has 0 amide bonds. The third-order valence-electron chi connectivity index (χ3n) is 4.90. The molecule has 0 unspecified atom stereocenters. The van der Waals surface area contributed by atoms with Crippen molar-refractivity contribution in [3.63, 3.8) is 0 Å². The van der Waals surface area contributed by atoms with Crippen molar-refractivity contribution in [1.82, 2.24) is 25.0 Å². The van der Waals surface area contributed by atoms with Gasteiger partial charge in [0.1, 0.15) is 18.8 Å². The van der Waals surface area contributed by atoms with Crippen molar-refractivity contribution >= 4 is 0 Å². The standard InChI is InChI=1S/C24H33N5O2/c1-4-30-23-16-21(10-11-22(23)31-15-14-28(2)3)17-25-18-24-27-26-19-29(24)13-12-20-8-6-5-7-9-20/h5-11,16,19,25H,4,12-15,17-18H2,1-3H3. The second-order valence-electron chi connectivity index (χ2n) is 7.65. The van der Waals surface area contributed by atoms with Gasteiger partial charge in [0, 0.05) is 19.6 Å². The van der Waals surface area contributed by atoms with Crippen LogP contribution in [0.25, 0.3) is 0 Å². The smallest absolute Gasteiger partial charge is 0.161 e. The van der Waals surface area contributed by atoms with Gasteiger partial charge in [-0.25, -0.2) is 0 Å². The van der Waals surface area contributed by atoms with Crippen molar-refractivity contribution in [3.05, 3.63) is 71.8 Å². The summed E-state index contributed by atoms with van der Waals surface area (Å²) in [6.45, 7) is 6.30. The molecule has 1 aromatic heterocycles. The molecule has 1 N–H and O–H groups in total. The van der Waals surface area contributed by atoms with Gasteiger partial charge in [0.15, 0.2) is 11.5 Å². The minimum Gasteiger partial charge on any atom is -0.490 e. The van der Waals surface area contributed by atoms with Crippen LogP contribution in [0.15, 0.2) is 54.9 Å². The molecule has 0 aliphatic carbocycles. The molecule has 0 spiro atoms. The van der Waals surface area contributed by atoms with E-state index >= 15 is 0 Å². The summed E-state index contributed by atoms with van der Waals surface area (Å²) < 4.78 is 13.8. The van der Waals surface area contributed by atoms with E-state index in [2.05, 4.69) is 55.3 Å². The Kier molecular flexibility index (Phi) is 8.87. The molecular weight excluding hydrogens is 390 g/mol. The Morgan fingerprint density at radius 2 is 1.81 bits per heavy atom. The van der Waals surface area contributed by atoms with Crippen LogP contribution in [0.5, 0.6) is 11.5 Å². The Morgan fingerprint density at radius 1 is 0.968 bits per heavy atom. The number of nitrogens with zero attached hydrogens (tertiary/aromatic N) is 4. The first kappa shape index (κ1) is 22.8. The summed E-state index contributed by atoms with van der Waals surface area (Å²) >= 11 is 0. The van der Waals surface area contributed by atoms with Gasteiger partial charge in [-0.1, -0.05) is 36.4 Å². The van der Waals surface area contributed by atoms with Crippen molar-refractivity contribution < 1.29 is 9.47 Å². The summed E-state index contributed by atoms with van der Waals surface area (Å²) in [4.78, 5) is 2.09. The Morgan fingerprint density at radius 3 is 2.58 bits per heavy atom. The third-order valence-corrected chi connectivity index (χ3v) is 4.90. The van der Waals surface area contributed by atoms with E-state index in [1.165, 1.54) is 5.56 Å². The van der Waals surface area contributed by atoms with Crippen molar-refractivity contribution in [2.75, 3.05) is 33.9 Å². The van der Waals surface area contributed by atoms with Crippen LogP contribution in [0.1, 0.15) is 23.9 Å². The quantitative estimate of drug-likeness (QED) is 0.456. The Balaban J connectivity index is 1.52. The molecule has 1 heterocycles. The summed E-state index contributed by atoms with van der Waals surface area (Å²) in [6, 6.07) is 16.6. The molecule has 3 rings (SSSR count). The Labute approximate surface area is 185 Å². The zero-order chi connectivity index (χ0) is 21.9. The number of rotatable bonds is 13. The predicted octanol–water partition coefficient (Wildman–Crippen LogP) is 3.15. The van der Waals surface area contributed by atoms with Gasteiger partial charge in [-0.3, -0.25) is 0 Å². The molecule has 0 aliphatic heterocycles. The molecule has 166 valence electrons. The molecule has 2 aromatic carbocycles. The average molecular weight is 424 g/mol. The van der Waals surface area contributed by atoms with Crippen molar-refractivity contribution in [1.29, 1.82) is 0 Å². The fraction of sp³-hybridized carbons (Fsp3) is 0.417. The molecule has 0 radical (unpaired) electrons. The lowest BCUT2D eigenvalue weighted by molar-refractivity contribution is 0.244. The maximum absolute atomic E-state index is 5.89. The SMILES string of the molecule is CCOc1cc(CNCc2nncn2CCc2ccccc2)ccc1OCCN(C)C. The first-order valence-corrected chi connectivity index (χ1v) is 10.8. The maximum atomic E-state index is 5.89. The average Bonchev–Trinajstić information content (AvgIpc) is 3.22. The first-order chi connectivity index (χ1) is 15.2. The lowest BCUT2D eigenvalue weighted by Crippen LogP contribution is -2.19. The summed E-state index contributed by atoms with van der Waals surface area (Å²) in [7, 11) is 4.06. The Hall–Kier alpha value is -2.90. The van der Waals surface area contributed by atoms with Gasteiger partial charge in [-0.05, 0) is 50.7 Å². The largest absolute Gasteiger partial charge is 0.490 e. The molecule has 7 heteroatoms. The van der Waals surface area contributed by atoms with E-state index in [1.807, 2.05) is 39.2 Å². The number of benzene rings is 2. The van der Waals surface area contributed by atoms with Crippen LogP contribution in [-0.2, 0) is 26.1 Å². The summed E-state index contributed by atoms with van der Waals surface area (Å²) in [6.07, 6.45) is 2.76. The number of aromatic nitrogens is 3. The minimum absolute atomic E-state index is 0.603. The van der Waals surface area contributed by atoms with Crippen LogP contribution in [0.3, 0.4) is 0 Å². The van der Waals surface area contributed by atoms with E-state index in [1.54, 1.807) is 6.33 Å². The third kappa shape index (κ3) is 7.38. The topological polar surface area (TPSA) is 64.4 Å². The van der Waals surface area contributed by atoms with Gasteiger partial charge in [-0.2, -0.15) is 0 Å². The fourth-order valence-corrected chi connectivity index (χ4v) is 3.20. The molecular formula is C24H33N5O2. The van der Waals surface area contributed by atoms with Gasteiger partial charge in [-0.15, -0.1) is 10.2 Å². The lowest BCUT2D eigenvalue weighted by atomic mass is 10.1. The second kappa shape index (κ2) is 12.1. The van der Waals surface area contributed by atoms with Crippen LogP contribution in [0.2, 0.25) is 0 Å². The number of aryl methyl sites for hydroxylation is 2. The number of hydrogen-bond donors (Lipinski definition) is 1. The molecule has 0 saturated carbocycles. The van der Waals surface area contributed by atoms with Gasteiger partial charge < -0.3 is 24.3 Å². The van der Waals surface area contributed by atoms with Gasteiger partial charge in [0.25, 0.3) is 0 Å². The molecule has 7 nitrogen and oxygen atoms in total. The van der Waals surface area contributed by atoms with Crippen LogP contribution in [-0.4, -0.2) is 53.5 Å². The van der Waals surface area contributed by atoms with Gasteiger partial charge in [0.2, 0.25) is 0 Å². The summed E-state index contributed by atoms with van der Waals surface area (Å²) in [5.41, 5.74) is 2.45. The number of likely N-dealkylation sites (N-methyl/N-ethyl adjacent to an activating group) is 1. The second-order valence-corrected chi connectivity index (χ2v) is 7.65. The molecule has 0 saturated heterocycles. The zero-order valence-electron chi connectivity index (χ0n) is 18.8. The van der Waals surface area contributed by atoms with Crippen LogP contribution < -0.4 is 14.8 Å². The normalized spacial score (nSPS) is 11.1. The lowest BCUT2D eigenvalue weighted by Gasteiger charge is -2.15. The fourth-order valence-electron chi connectivity index (χ4n) is 3.20. The van der Waals surface area contributed by atoms with Crippen molar-refractivity contribution in [2.45, 2.75) is 33.0 Å². The highest BCUT2D eigenvalue weighted by atomic mass is 16.5. The Bertz CT molecular complexity index is 911. The maximum Gasteiger partial charge on any atom is 0.161 e. The van der Waals surface area contributed by atoms with E-state index in [0.29, 0.717) is 26.3 Å². The predicted molar refractivity (Wildman–Crippen MR) is 122 cm³/mol. The zero-order valence-corrected chi connectivity index (χ0v) is 18.8. The highest BCUT2D eigenvalue weighted by Crippen LogP contribution is 2.28. The van der Waals surface area contributed by atoms with Gasteiger partial charge >= 0.3 is 0 Å². The number of ether oxygens (including phenoxy) is 2. The van der Waals surface area contributed by atoms with E-state index in [4.69, 9.17) is 9.47 Å². The van der Waals surface area contributed by atoms with Crippen LogP contribution in [0, 0.1) is 0 Å². The first-order valence-electron chi connectivity index (χ1n) is 10.8. The van der Waals surface area contributed by atoms with E-state index < -0.39 is 0 Å². The van der Waals surface area contributed by atoms with Crippen molar-refractivity contribution in [2.24, 2.45) is 0 Å². The van der Waals surface area contributed by atoms with Crippen molar-refractivity contribution in [3.8, 4) is 11.5 Å². The molecule has 0 aliphatic rings. The van der Waals surface area contributed by atoms with Gasteiger partial charge in [0.05, 0.1) is 13.2 Å². The number of nitrogens with one attached hydrogen (secondary N) is 1. The molecule has 31 heavy (non-hydrogen) atoms. The molecule has 3 aromatic rings.